The van der Waals surface area contributed by atoms with Crippen molar-refractivity contribution in [2.24, 2.45) is 0 Å². The maximum atomic E-state index is 12.8. The van der Waals surface area contributed by atoms with Crippen molar-refractivity contribution in [3.8, 4) is 0 Å². The fourth-order valence-electron chi connectivity index (χ4n) is 2.84. The molecule has 1 aromatic rings. The fraction of sp³-hybridized carbons (Fsp3) is 0.500. The lowest BCUT2D eigenvalue weighted by Gasteiger charge is -2.22. The van der Waals surface area contributed by atoms with Crippen LogP contribution in [0, 0.1) is 0 Å². The van der Waals surface area contributed by atoms with E-state index in [2.05, 4.69) is 5.32 Å². The molecule has 0 bridgehead atoms. The number of rotatable bonds is 6. The zero-order chi connectivity index (χ0) is 21.8. The first kappa shape index (κ1) is 22.6. The van der Waals surface area contributed by atoms with Crippen LogP contribution < -0.4 is 15.5 Å². The minimum Gasteiger partial charge on any atom is -0.449 e. The van der Waals surface area contributed by atoms with Crippen LogP contribution in [-0.2, 0) is 19.6 Å². The lowest BCUT2D eigenvalue weighted by molar-refractivity contribution is -0.127. The second kappa shape index (κ2) is 9.23. The molecular formula is C18H26N4O6S. The van der Waals surface area contributed by atoms with Crippen LogP contribution >= 0.6 is 0 Å². The zero-order valence-corrected chi connectivity index (χ0v) is 17.7. The number of hydrogen-bond acceptors (Lipinski definition) is 7. The van der Waals surface area contributed by atoms with Gasteiger partial charge in [0.2, 0.25) is 10.0 Å². The summed E-state index contributed by atoms with van der Waals surface area (Å²) in [7, 11) is 0.375. The fourth-order valence-corrected chi connectivity index (χ4v) is 3.77. The van der Waals surface area contributed by atoms with Gasteiger partial charge in [0.05, 0.1) is 16.1 Å². The molecule has 1 aliphatic heterocycles. The second-order valence-electron chi connectivity index (χ2n) is 6.78. The van der Waals surface area contributed by atoms with E-state index < -0.39 is 34.0 Å². The van der Waals surface area contributed by atoms with Crippen molar-refractivity contribution in [3.05, 3.63) is 23.8 Å². The number of amides is 3. The Kier molecular flexibility index (Phi) is 7.20. The minimum atomic E-state index is -3.76. The van der Waals surface area contributed by atoms with Gasteiger partial charge in [0, 0.05) is 34.2 Å². The Bertz CT molecular complexity index is 894. The number of imide groups is 1. The van der Waals surface area contributed by atoms with Gasteiger partial charge >= 0.3 is 12.0 Å². The Labute approximate surface area is 170 Å². The van der Waals surface area contributed by atoms with E-state index in [0.29, 0.717) is 5.69 Å². The predicted octanol–water partition coefficient (Wildman–Crippen LogP) is 0.538. The first-order valence-electron chi connectivity index (χ1n) is 9.13. The van der Waals surface area contributed by atoms with Gasteiger partial charge in [-0.05, 0) is 38.0 Å². The SMILES string of the molecule is CNC(=O)NC(=O)[C@@H](C)OC(=O)c1cc(S(=O)(=O)N(C)C)ccc1N1CCCC1. The highest BCUT2D eigenvalue weighted by atomic mass is 32.2. The van der Waals surface area contributed by atoms with Gasteiger partial charge in [0.1, 0.15) is 0 Å². The van der Waals surface area contributed by atoms with E-state index >= 15 is 0 Å². The van der Waals surface area contributed by atoms with Crippen LogP contribution in [0.5, 0.6) is 0 Å². The summed E-state index contributed by atoms with van der Waals surface area (Å²) in [5.41, 5.74) is 0.596. The highest BCUT2D eigenvalue weighted by Gasteiger charge is 2.27. The number of sulfonamides is 1. The molecule has 2 N–H and O–H groups in total. The van der Waals surface area contributed by atoms with Gasteiger partial charge in [-0.1, -0.05) is 0 Å². The maximum Gasteiger partial charge on any atom is 0.341 e. The number of carbonyl (C=O) groups is 3. The number of esters is 1. The third kappa shape index (κ3) is 5.24. The van der Waals surface area contributed by atoms with E-state index in [-0.39, 0.29) is 10.5 Å². The molecular weight excluding hydrogens is 400 g/mol. The third-order valence-electron chi connectivity index (χ3n) is 4.53. The van der Waals surface area contributed by atoms with Gasteiger partial charge in [-0.15, -0.1) is 0 Å². The first-order valence-corrected chi connectivity index (χ1v) is 10.6. The summed E-state index contributed by atoms with van der Waals surface area (Å²) in [5.74, 6) is -1.64. The van der Waals surface area contributed by atoms with Crippen LogP contribution in [-0.4, -0.2) is 71.0 Å². The molecule has 1 saturated heterocycles. The molecule has 0 aromatic heterocycles. The van der Waals surface area contributed by atoms with E-state index in [1.165, 1.54) is 40.2 Å². The van der Waals surface area contributed by atoms with Crippen molar-refractivity contribution in [2.45, 2.75) is 30.8 Å². The number of nitrogens with zero attached hydrogens (tertiary/aromatic N) is 2. The highest BCUT2D eigenvalue weighted by Crippen LogP contribution is 2.29. The van der Waals surface area contributed by atoms with Crippen molar-refractivity contribution in [3.63, 3.8) is 0 Å². The smallest absolute Gasteiger partial charge is 0.341 e. The van der Waals surface area contributed by atoms with Gasteiger partial charge in [0.25, 0.3) is 5.91 Å². The van der Waals surface area contributed by atoms with Crippen molar-refractivity contribution in [2.75, 3.05) is 39.1 Å². The topological polar surface area (TPSA) is 125 Å². The van der Waals surface area contributed by atoms with E-state index in [9.17, 15) is 22.8 Å². The van der Waals surface area contributed by atoms with Gasteiger partial charge in [-0.3, -0.25) is 10.1 Å². The molecule has 0 aliphatic carbocycles. The summed E-state index contributed by atoms with van der Waals surface area (Å²) < 4.78 is 31.2. The molecule has 1 fully saturated rings. The summed E-state index contributed by atoms with van der Waals surface area (Å²) in [6.07, 6.45) is 0.661. The molecule has 0 unspecified atom stereocenters. The predicted molar refractivity (Wildman–Crippen MR) is 106 cm³/mol. The summed E-state index contributed by atoms with van der Waals surface area (Å²) in [6, 6.07) is 3.55. The van der Waals surface area contributed by atoms with Crippen LogP contribution in [0.3, 0.4) is 0 Å². The Hall–Kier alpha value is -2.66. The average Bonchev–Trinajstić information content (AvgIpc) is 3.21. The van der Waals surface area contributed by atoms with Crippen molar-refractivity contribution >= 4 is 33.6 Å². The van der Waals surface area contributed by atoms with Crippen molar-refractivity contribution in [1.29, 1.82) is 0 Å². The van der Waals surface area contributed by atoms with Crippen LogP contribution in [0.25, 0.3) is 0 Å². The molecule has 1 aromatic carbocycles. The molecule has 0 spiro atoms. The first-order chi connectivity index (χ1) is 13.6. The number of ether oxygens (including phenoxy) is 1. The van der Waals surface area contributed by atoms with Crippen LogP contribution in [0.1, 0.15) is 30.1 Å². The lowest BCUT2D eigenvalue weighted by atomic mass is 10.1. The lowest BCUT2D eigenvalue weighted by Crippen LogP contribution is -2.43. The normalized spacial score (nSPS) is 15.1. The molecule has 1 aliphatic rings. The maximum absolute atomic E-state index is 12.8. The van der Waals surface area contributed by atoms with Gasteiger partial charge in [-0.25, -0.2) is 22.3 Å². The largest absolute Gasteiger partial charge is 0.449 e. The summed E-state index contributed by atoms with van der Waals surface area (Å²) in [5, 5.41) is 4.25. The molecule has 1 atom stereocenters. The molecule has 2 rings (SSSR count). The highest BCUT2D eigenvalue weighted by molar-refractivity contribution is 7.89. The van der Waals surface area contributed by atoms with E-state index in [1.807, 2.05) is 10.2 Å². The number of anilines is 1. The standard InChI is InChI=1S/C18H26N4O6S/c1-12(16(23)20-18(25)19-2)28-17(24)14-11-13(29(26,27)21(3)4)7-8-15(14)22-9-5-6-10-22/h7-8,11-12H,5-6,9-10H2,1-4H3,(H2,19,20,23,25)/t12-/m1/s1. The van der Waals surface area contributed by atoms with Gasteiger partial charge in [0.15, 0.2) is 6.10 Å². The number of carbonyl (C=O) groups excluding carboxylic acids is 3. The molecule has 0 radical (unpaired) electrons. The monoisotopic (exact) mass is 426 g/mol. The van der Waals surface area contributed by atoms with E-state index in [1.54, 1.807) is 6.07 Å². The van der Waals surface area contributed by atoms with Crippen LogP contribution in [0.15, 0.2) is 23.1 Å². The van der Waals surface area contributed by atoms with Gasteiger partial charge < -0.3 is 15.0 Å². The molecule has 0 saturated carbocycles. The minimum absolute atomic E-state index is 0.0504. The Balaban J connectivity index is 2.35. The number of hydrogen-bond donors (Lipinski definition) is 2. The van der Waals surface area contributed by atoms with Crippen LogP contribution in [0.4, 0.5) is 10.5 Å². The van der Waals surface area contributed by atoms with Crippen molar-refractivity contribution < 1.29 is 27.5 Å². The molecule has 10 nitrogen and oxygen atoms in total. The van der Waals surface area contributed by atoms with E-state index in [4.69, 9.17) is 4.74 Å². The molecule has 1 heterocycles. The molecule has 11 heteroatoms. The zero-order valence-electron chi connectivity index (χ0n) is 16.9. The Morgan fingerprint density at radius 2 is 1.79 bits per heavy atom. The number of urea groups is 1. The molecule has 3 amide bonds. The molecule has 29 heavy (non-hydrogen) atoms. The quantitative estimate of drug-likeness (QED) is 0.636. The second-order valence-corrected chi connectivity index (χ2v) is 8.93. The van der Waals surface area contributed by atoms with Crippen LogP contribution in [0.2, 0.25) is 0 Å². The van der Waals surface area contributed by atoms with E-state index in [0.717, 1.165) is 30.2 Å². The third-order valence-corrected chi connectivity index (χ3v) is 6.34. The summed E-state index contributed by atoms with van der Waals surface area (Å²) in [6.45, 7) is 2.78. The molecule has 160 valence electrons. The summed E-state index contributed by atoms with van der Waals surface area (Å²) >= 11 is 0. The number of benzene rings is 1. The van der Waals surface area contributed by atoms with Crippen molar-refractivity contribution in [1.82, 2.24) is 14.9 Å². The Morgan fingerprint density at radius 1 is 1.17 bits per heavy atom. The van der Waals surface area contributed by atoms with Gasteiger partial charge in [-0.2, -0.15) is 0 Å². The Morgan fingerprint density at radius 3 is 2.34 bits per heavy atom. The average molecular weight is 426 g/mol. The number of nitrogens with one attached hydrogen (secondary N) is 2. The summed E-state index contributed by atoms with van der Waals surface area (Å²) in [4.78, 5) is 38.0.